The first kappa shape index (κ1) is 69.1. The number of rotatable bonds is 54. The van der Waals surface area contributed by atoms with Crippen LogP contribution in [0.4, 0.5) is 0 Å². The molecule has 6 heteroatoms. The molecule has 0 aliphatic carbocycles. The summed E-state index contributed by atoms with van der Waals surface area (Å²) in [4.78, 5) is 38.2. The van der Waals surface area contributed by atoms with E-state index in [2.05, 4.69) is 124 Å². The molecule has 0 saturated carbocycles. The smallest absolute Gasteiger partial charge is 0.306 e. The fourth-order valence-electron chi connectivity index (χ4n) is 8.13. The molecular formula is C67H112O6. The van der Waals surface area contributed by atoms with E-state index in [1.807, 2.05) is 6.08 Å². The van der Waals surface area contributed by atoms with Gasteiger partial charge in [0, 0.05) is 19.3 Å². The lowest BCUT2D eigenvalue weighted by Gasteiger charge is -2.18. The number of esters is 3. The number of hydrogen-bond acceptors (Lipinski definition) is 6. The van der Waals surface area contributed by atoms with Gasteiger partial charge < -0.3 is 14.2 Å². The van der Waals surface area contributed by atoms with E-state index in [0.717, 1.165) is 83.5 Å². The molecule has 6 nitrogen and oxygen atoms in total. The standard InChI is InChI=1S/C67H112O6/c1-4-7-10-13-16-19-22-25-28-31-33-36-39-42-45-48-51-54-57-60-66(69)72-63-64(62-71-65(68)59-56-53-50-47-44-41-38-35-30-27-24-21-18-15-12-9-6-3)73-67(70)61-58-55-52-49-46-43-40-37-34-32-29-26-23-20-17-14-11-8-5-2/h16-21,25-30,33,36,42,45,51,54,64H,4-15,22-24,31-32,34-35,37-41,43-44,46-50,52-53,55-63H2,1-3H3/b19-16-,20-17-,21-18-,28-25-,29-26-,30-27-,36-33-,45-42-,54-51-/t64-/m0/s1. The summed E-state index contributed by atoms with van der Waals surface area (Å²) in [6.45, 7) is 6.50. The normalized spacial score (nSPS) is 12.9. The van der Waals surface area contributed by atoms with Crippen molar-refractivity contribution in [2.24, 2.45) is 0 Å². The van der Waals surface area contributed by atoms with Crippen LogP contribution in [-0.2, 0) is 28.6 Å². The molecule has 0 fully saturated rings. The van der Waals surface area contributed by atoms with Crippen LogP contribution in [0.2, 0.25) is 0 Å². The second-order valence-corrected chi connectivity index (χ2v) is 19.9. The predicted octanol–water partition coefficient (Wildman–Crippen LogP) is 20.7. The van der Waals surface area contributed by atoms with Crippen LogP contribution in [0, 0.1) is 0 Å². The summed E-state index contributed by atoms with van der Waals surface area (Å²) in [7, 11) is 0. The number of unbranched alkanes of at least 4 members (excludes halogenated alkanes) is 25. The van der Waals surface area contributed by atoms with Gasteiger partial charge in [-0.25, -0.2) is 0 Å². The number of allylic oxidation sites excluding steroid dienone is 18. The van der Waals surface area contributed by atoms with Gasteiger partial charge in [0.25, 0.3) is 0 Å². The van der Waals surface area contributed by atoms with Crippen LogP contribution in [0.15, 0.2) is 109 Å². The van der Waals surface area contributed by atoms with E-state index in [1.54, 1.807) is 0 Å². The van der Waals surface area contributed by atoms with Gasteiger partial charge in [0.15, 0.2) is 6.10 Å². The molecule has 416 valence electrons. The van der Waals surface area contributed by atoms with Gasteiger partial charge in [0.2, 0.25) is 0 Å². The maximum Gasteiger partial charge on any atom is 0.306 e. The first-order chi connectivity index (χ1) is 36.0. The van der Waals surface area contributed by atoms with Crippen LogP contribution in [0.25, 0.3) is 0 Å². The van der Waals surface area contributed by atoms with Crippen LogP contribution >= 0.6 is 0 Å². The largest absolute Gasteiger partial charge is 0.462 e. The molecule has 0 aliphatic heterocycles. The zero-order valence-corrected chi connectivity index (χ0v) is 47.6. The first-order valence-corrected chi connectivity index (χ1v) is 30.4. The third kappa shape index (κ3) is 58.8. The minimum Gasteiger partial charge on any atom is -0.462 e. The van der Waals surface area contributed by atoms with Gasteiger partial charge in [-0.2, -0.15) is 0 Å². The highest BCUT2D eigenvalue weighted by atomic mass is 16.6. The highest BCUT2D eigenvalue weighted by Gasteiger charge is 2.19. The van der Waals surface area contributed by atoms with E-state index in [1.165, 1.54) is 148 Å². The monoisotopic (exact) mass is 1010 g/mol. The molecule has 0 spiro atoms. The van der Waals surface area contributed by atoms with E-state index in [4.69, 9.17) is 14.2 Å². The van der Waals surface area contributed by atoms with Crippen molar-refractivity contribution in [3.05, 3.63) is 109 Å². The van der Waals surface area contributed by atoms with Crippen molar-refractivity contribution in [3.8, 4) is 0 Å². The van der Waals surface area contributed by atoms with E-state index in [-0.39, 0.29) is 37.5 Å². The van der Waals surface area contributed by atoms with E-state index < -0.39 is 6.10 Å². The maximum absolute atomic E-state index is 12.9. The Morgan fingerprint density at radius 2 is 0.521 bits per heavy atom. The van der Waals surface area contributed by atoms with Gasteiger partial charge in [-0.3, -0.25) is 14.4 Å². The number of carbonyl (C=O) groups excluding carboxylic acids is 3. The summed E-state index contributed by atoms with van der Waals surface area (Å²) in [6, 6.07) is 0. The Morgan fingerprint density at radius 3 is 0.849 bits per heavy atom. The van der Waals surface area contributed by atoms with Gasteiger partial charge >= 0.3 is 17.9 Å². The van der Waals surface area contributed by atoms with Crippen molar-refractivity contribution in [2.45, 2.75) is 284 Å². The molecule has 73 heavy (non-hydrogen) atoms. The summed E-state index contributed by atoms with van der Waals surface area (Å²) in [6.07, 6.45) is 82.3. The fourth-order valence-corrected chi connectivity index (χ4v) is 8.13. The van der Waals surface area contributed by atoms with Crippen molar-refractivity contribution >= 4 is 17.9 Å². The second-order valence-electron chi connectivity index (χ2n) is 19.9. The van der Waals surface area contributed by atoms with Gasteiger partial charge in [0.1, 0.15) is 13.2 Å². The summed E-state index contributed by atoms with van der Waals surface area (Å²) in [5.74, 6) is -1.00. The Hall–Kier alpha value is -3.93. The predicted molar refractivity (Wildman–Crippen MR) is 316 cm³/mol. The summed E-state index contributed by atoms with van der Waals surface area (Å²) < 4.78 is 16.8. The number of carbonyl (C=O) groups is 3. The average Bonchev–Trinajstić information content (AvgIpc) is 3.39. The third-order valence-corrected chi connectivity index (χ3v) is 12.7. The topological polar surface area (TPSA) is 78.9 Å². The molecular weight excluding hydrogens is 901 g/mol. The van der Waals surface area contributed by atoms with Crippen molar-refractivity contribution in [2.75, 3.05) is 13.2 Å². The lowest BCUT2D eigenvalue weighted by molar-refractivity contribution is -0.166. The van der Waals surface area contributed by atoms with Gasteiger partial charge in [0.05, 0.1) is 0 Å². The van der Waals surface area contributed by atoms with Crippen molar-refractivity contribution < 1.29 is 28.6 Å². The Balaban J connectivity index is 4.52. The maximum atomic E-state index is 12.9. The highest BCUT2D eigenvalue weighted by Crippen LogP contribution is 2.15. The van der Waals surface area contributed by atoms with Crippen molar-refractivity contribution in [3.63, 3.8) is 0 Å². The molecule has 0 heterocycles. The van der Waals surface area contributed by atoms with Crippen LogP contribution < -0.4 is 0 Å². The highest BCUT2D eigenvalue weighted by molar-refractivity contribution is 5.71. The van der Waals surface area contributed by atoms with Gasteiger partial charge in [-0.05, 0) is 122 Å². The number of ether oxygens (including phenoxy) is 3. The molecule has 0 saturated heterocycles. The lowest BCUT2D eigenvalue weighted by atomic mass is 10.1. The lowest BCUT2D eigenvalue weighted by Crippen LogP contribution is -2.30. The second kappa shape index (κ2) is 60.6. The molecule has 0 aromatic carbocycles. The van der Waals surface area contributed by atoms with E-state index >= 15 is 0 Å². The first-order valence-electron chi connectivity index (χ1n) is 30.4. The molecule has 0 unspecified atom stereocenters. The van der Waals surface area contributed by atoms with Crippen molar-refractivity contribution in [1.82, 2.24) is 0 Å². The van der Waals surface area contributed by atoms with Gasteiger partial charge in [-0.1, -0.05) is 246 Å². The minimum absolute atomic E-state index is 0.108. The van der Waals surface area contributed by atoms with Crippen LogP contribution in [0.5, 0.6) is 0 Å². The molecule has 0 rings (SSSR count). The van der Waals surface area contributed by atoms with Crippen LogP contribution in [-0.4, -0.2) is 37.2 Å². The quantitative estimate of drug-likeness (QED) is 0.0261. The minimum atomic E-state index is -0.817. The molecule has 0 aromatic heterocycles. The Morgan fingerprint density at radius 1 is 0.274 bits per heavy atom. The van der Waals surface area contributed by atoms with Crippen LogP contribution in [0.3, 0.4) is 0 Å². The molecule has 1 atom stereocenters. The molecule has 0 aliphatic rings. The zero-order valence-electron chi connectivity index (χ0n) is 47.6. The van der Waals surface area contributed by atoms with Crippen molar-refractivity contribution in [1.29, 1.82) is 0 Å². The number of hydrogen-bond donors (Lipinski definition) is 0. The SMILES string of the molecule is CCCCC/C=C\C/C=C\C/C=C\C/C=C\C/C=C\CCC(=O)OC[C@H](COC(=O)CCCCCCCCC/C=C\C/C=C\CCCCC)OC(=O)CCCCCCCCCCC/C=C\C/C=C\CCCCC. The van der Waals surface area contributed by atoms with E-state index in [9.17, 15) is 14.4 Å². The average molecular weight is 1010 g/mol. The fraction of sp³-hybridized carbons (Fsp3) is 0.687. The van der Waals surface area contributed by atoms with Crippen LogP contribution in [0.1, 0.15) is 278 Å². The van der Waals surface area contributed by atoms with E-state index in [0.29, 0.717) is 19.3 Å². The molecule has 0 aromatic rings. The Bertz CT molecular complexity index is 1490. The summed E-state index contributed by atoms with van der Waals surface area (Å²) >= 11 is 0. The summed E-state index contributed by atoms with van der Waals surface area (Å²) in [5.41, 5.74) is 0. The summed E-state index contributed by atoms with van der Waals surface area (Å²) in [5, 5.41) is 0. The molecule has 0 amide bonds. The third-order valence-electron chi connectivity index (χ3n) is 12.7. The Kier molecular flexibility index (Phi) is 57.4. The van der Waals surface area contributed by atoms with Gasteiger partial charge in [-0.15, -0.1) is 0 Å². The zero-order chi connectivity index (χ0) is 52.9. The molecule has 0 bridgehead atoms. The molecule has 0 N–H and O–H groups in total. The molecule has 0 radical (unpaired) electrons. The Labute approximate surface area is 450 Å².